The molecule has 3 aromatic carbocycles. The number of aromatic nitrogens is 1. The second-order valence-corrected chi connectivity index (χ2v) is 7.29. The summed E-state index contributed by atoms with van der Waals surface area (Å²) in [5.74, 6) is 0.0968. The maximum absolute atomic E-state index is 12.4. The molecule has 4 rings (SSSR count). The summed E-state index contributed by atoms with van der Waals surface area (Å²) in [6.45, 7) is 3.95. The average molecular weight is 397 g/mol. The minimum atomic E-state index is -0.440. The Hall–Kier alpha value is -3.66. The highest BCUT2D eigenvalue weighted by molar-refractivity contribution is 5.82. The minimum Gasteiger partial charge on any atom is -0.468 e. The van der Waals surface area contributed by atoms with Crippen molar-refractivity contribution >= 4 is 5.97 Å². The first kappa shape index (κ1) is 19.6. The third kappa shape index (κ3) is 3.77. The van der Waals surface area contributed by atoms with Crippen molar-refractivity contribution in [3.05, 3.63) is 101 Å². The van der Waals surface area contributed by atoms with Crippen LogP contribution in [0.3, 0.4) is 0 Å². The molecule has 0 spiro atoms. The first-order valence-electron chi connectivity index (χ1n) is 9.85. The molecular formula is C26H23NO3. The Labute approximate surface area is 176 Å². The summed E-state index contributed by atoms with van der Waals surface area (Å²) in [4.78, 5) is 12.4. The van der Waals surface area contributed by atoms with Gasteiger partial charge in [0.2, 0.25) is 0 Å². The molecule has 4 nitrogen and oxygen atoms in total. The molecule has 4 heteroatoms. The highest BCUT2D eigenvalue weighted by Crippen LogP contribution is 2.31. The van der Waals surface area contributed by atoms with E-state index in [0.717, 1.165) is 44.8 Å². The molecule has 1 atom stereocenters. The molecule has 0 saturated carbocycles. The number of methoxy groups -OCH3 is 1. The minimum absolute atomic E-state index is 0.268. The van der Waals surface area contributed by atoms with E-state index < -0.39 is 5.92 Å². The van der Waals surface area contributed by atoms with Crippen LogP contribution >= 0.6 is 0 Å². The maximum atomic E-state index is 12.4. The van der Waals surface area contributed by atoms with Crippen LogP contribution in [0.2, 0.25) is 0 Å². The molecule has 1 heterocycles. The predicted molar refractivity (Wildman–Crippen MR) is 117 cm³/mol. The molecule has 1 unspecified atom stereocenters. The number of rotatable bonds is 5. The van der Waals surface area contributed by atoms with Crippen molar-refractivity contribution in [2.24, 2.45) is 0 Å². The van der Waals surface area contributed by atoms with Gasteiger partial charge in [0.25, 0.3) is 0 Å². The van der Waals surface area contributed by atoms with Crippen molar-refractivity contribution < 1.29 is 14.1 Å². The Balaban J connectivity index is 1.61. The van der Waals surface area contributed by atoms with Gasteiger partial charge in [-0.2, -0.15) is 0 Å². The van der Waals surface area contributed by atoms with Gasteiger partial charge in [-0.05, 0) is 36.1 Å². The van der Waals surface area contributed by atoms with E-state index in [4.69, 9.17) is 9.26 Å². The fourth-order valence-corrected chi connectivity index (χ4v) is 3.59. The lowest BCUT2D eigenvalue weighted by atomic mass is 9.90. The standard InChI is InChI=1S/C26H23NO3/c1-17-18(2)27-30-25(17)23-15-11-20(12-16-23)19-9-13-22(14-10-19)24(26(28)29-3)21-7-5-4-6-8-21/h4-16,24H,1-3H3. The van der Waals surface area contributed by atoms with Crippen LogP contribution in [0.5, 0.6) is 0 Å². The lowest BCUT2D eigenvalue weighted by Crippen LogP contribution is -2.15. The van der Waals surface area contributed by atoms with Gasteiger partial charge in [0.1, 0.15) is 5.92 Å². The van der Waals surface area contributed by atoms with Crippen LogP contribution in [0.25, 0.3) is 22.5 Å². The van der Waals surface area contributed by atoms with Crippen LogP contribution in [0, 0.1) is 13.8 Å². The summed E-state index contributed by atoms with van der Waals surface area (Å²) >= 11 is 0. The fraction of sp³-hybridized carbons (Fsp3) is 0.154. The Bertz CT molecular complexity index is 1140. The number of hydrogen-bond acceptors (Lipinski definition) is 4. The SMILES string of the molecule is COC(=O)C(c1ccccc1)c1ccc(-c2ccc(-c3onc(C)c3C)cc2)cc1. The Morgan fingerprint density at radius 3 is 1.87 bits per heavy atom. The van der Waals surface area contributed by atoms with Gasteiger partial charge in [-0.1, -0.05) is 84.0 Å². The zero-order valence-electron chi connectivity index (χ0n) is 17.3. The quantitative estimate of drug-likeness (QED) is 0.392. The molecule has 0 amide bonds. The van der Waals surface area contributed by atoms with Crippen LogP contribution in [0.15, 0.2) is 83.4 Å². The van der Waals surface area contributed by atoms with Crippen molar-refractivity contribution in [2.75, 3.05) is 7.11 Å². The predicted octanol–water partition coefficient (Wildman–Crippen LogP) is 5.93. The number of hydrogen-bond donors (Lipinski definition) is 0. The van der Waals surface area contributed by atoms with Gasteiger partial charge in [-0.3, -0.25) is 4.79 Å². The van der Waals surface area contributed by atoms with Gasteiger partial charge in [-0.25, -0.2) is 0 Å². The van der Waals surface area contributed by atoms with Gasteiger partial charge in [0, 0.05) is 11.1 Å². The van der Waals surface area contributed by atoms with Gasteiger partial charge < -0.3 is 9.26 Å². The van der Waals surface area contributed by atoms with Crippen LogP contribution in [0.4, 0.5) is 0 Å². The van der Waals surface area contributed by atoms with Gasteiger partial charge in [-0.15, -0.1) is 0 Å². The van der Waals surface area contributed by atoms with Crippen LogP contribution in [-0.4, -0.2) is 18.2 Å². The van der Waals surface area contributed by atoms with Crippen molar-refractivity contribution in [2.45, 2.75) is 19.8 Å². The van der Waals surface area contributed by atoms with E-state index in [1.165, 1.54) is 7.11 Å². The second-order valence-electron chi connectivity index (χ2n) is 7.29. The molecule has 0 saturated heterocycles. The van der Waals surface area contributed by atoms with Crippen LogP contribution in [-0.2, 0) is 9.53 Å². The monoisotopic (exact) mass is 397 g/mol. The maximum Gasteiger partial charge on any atom is 0.317 e. The third-order valence-electron chi connectivity index (χ3n) is 5.45. The lowest BCUT2D eigenvalue weighted by molar-refractivity contribution is -0.141. The fourth-order valence-electron chi connectivity index (χ4n) is 3.59. The largest absolute Gasteiger partial charge is 0.468 e. The number of benzene rings is 3. The van der Waals surface area contributed by atoms with Crippen molar-refractivity contribution in [1.82, 2.24) is 5.16 Å². The summed E-state index contributed by atoms with van der Waals surface area (Å²) in [6.07, 6.45) is 0. The molecule has 30 heavy (non-hydrogen) atoms. The van der Waals surface area contributed by atoms with Crippen molar-refractivity contribution in [3.8, 4) is 22.5 Å². The average Bonchev–Trinajstić information content (AvgIpc) is 3.13. The summed E-state index contributed by atoms with van der Waals surface area (Å²) in [6, 6.07) is 25.9. The molecule has 0 aliphatic rings. The first-order chi connectivity index (χ1) is 14.6. The molecule has 0 aliphatic heterocycles. The van der Waals surface area contributed by atoms with Gasteiger partial charge in [0.05, 0.1) is 12.8 Å². The van der Waals surface area contributed by atoms with Crippen molar-refractivity contribution in [3.63, 3.8) is 0 Å². The normalized spacial score (nSPS) is 11.8. The number of aryl methyl sites for hydroxylation is 1. The van der Waals surface area contributed by atoms with E-state index >= 15 is 0 Å². The van der Waals surface area contributed by atoms with Crippen molar-refractivity contribution in [1.29, 1.82) is 0 Å². The Kier molecular flexibility index (Phi) is 5.48. The number of nitrogens with zero attached hydrogens (tertiary/aromatic N) is 1. The van der Waals surface area contributed by atoms with Gasteiger partial charge >= 0.3 is 5.97 Å². The molecule has 0 radical (unpaired) electrons. The topological polar surface area (TPSA) is 52.3 Å². The zero-order valence-corrected chi connectivity index (χ0v) is 17.3. The summed E-state index contributed by atoms with van der Waals surface area (Å²) in [7, 11) is 1.42. The molecule has 0 fully saturated rings. The van der Waals surface area contributed by atoms with E-state index in [2.05, 4.69) is 17.3 Å². The van der Waals surface area contributed by atoms with Gasteiger partial charge in [0.15, 0.2) is 5.76 Å². The molecule has 0 bridgehead atoms. The first-order valence-corrected chi connectivity index (χ1v) is 9.85. The summed E-state index contributed by atoms with van der Waals surface area (Å²) in [5, 5.41) is 4.03. The van der Waals surface area contributed by atoms with E-state index in [-0.39, 0.29) is 5.97 Å². The van der Waals surface area contributed by atoms with E-state index in [0.29, 0.717) is 0 Å². The number of carbonyl (C=O) groups excluding carboxylic acids is 1. The lowest BCUT2D eigenvalue weighted by Gasteiger charge is -2.16. The highest BCUT2D eigenvalue weighted by Gasteiger charge is 2.23. The zero-order chi connectivity index (χ0) is 21.1. The third-order valence-corrected chi connectivity index (χ3v) is 5.45. The Morgan fingerprint density at radius 2 is 1.33 bits per heavy atom. The molecule has 0 N–H and O–H groups in total. The molecule has 150 valence electrons. The number of carbonyl (C=O) groups is 1. The summed E-state index contributed by atoms with van der Waals surface area (Å²) in [5.41, 5.74) is 6.95. The highest BCUT2D eigenvalue weighted by atomic mass is 16.5. The summed E-state index contributed by atoms with van der Waals surface area (Å²) < 4.78 is 10.5. The smallest absolute Gasteiger partial charge is 0.317 e. The Morgan fingerprint density at radius 1 is 0.800 bits per heavy atom. The van der Waals surface area contributed by atoms with E-state index in [1.54, 1.807) is 0 Å². The molecule has 0 aliphatic carbocycles. The van der Waals surface area contributed by atoms with E-state index in [9.17, 15) is 4.79 Å². The number of ether oxygens (including phenoxy) is 1. The van der Waals surface area contributed by atoms with E-state index in [1.807, 2.05) is 80.6 Å². The molecule has 4 aromatic rings. The van der Waals surface area contributed by atoms with Crippen LogP contribution < -0.4 is 0 Å². The molecular weight excluding hydrogens is 374 g/mol. The second kappa shape index (κ2) is 8.37. The number of esters is 1. The van der Waals surface area contributed by atoms with Crippen LogP contribution in [0.1, 0.15) is 28.3 Å². The molecule has 1 aromatic heterocycles.